The number of carboxylic acids is 1. The number of hydrogen-bond donors (Lipinski definition) is 3. The first-order chi connectivity index (χ1) is 10.2. The molecule has 1 aromatic rings. The highest BCUT2D eigenvalue weighted by Crippen LogP contribution is 2.42. The maximum Gasteiger partial charge on any atom is 0.326 e. The Labute approximate surface area is 138 Å². The van der Waals surface area contributed by atoms with Crippen LogP contribution in [0.5, 0.6) is 0 Å². The van der Waals surface area contributed by atoms with Crippen LogP contribution in [0, 0.1) is 5.41 Å². The summed E-state index contributed by atoms with van der Waals surface area (Å²) in [7, 11) is 0. The van der Waals surface area contributed by atoms with Gasteiger partial charge in [0.1, 0.15) is 6.04 Å². The zero-order valence-electron chi connectivity index (χ0n) is 13.1. The highest BCUT2D eigenvalue weighted by atomic mass is 79.9. The quantitative estimate of drug-likeness (QED) is 0.715. The van der Waals surface area contributed by atoms with E-state index >= 15 is 0 Å². The number of aromatic nitrogens is 2. The molecule has 1 unspecified atom stereocenters. The second-order valence-electron chi connectivity index (χ2n) is 7.04. The standard InChI is InChI=1S/C15H22BrN3O3/c1-15(2,3)7-6-9(14(21)22)17-13(20)12-10(16)11(18-19-12)8-4-5-8/h8-9H,4-7H2,1-3H3,(H,17,20)(H,18,19)(H,21,22). The molecule has 1 atom stereocenters. The Morgan fingerprint density at radius 3 is 2.59 bits per heavy atom. The van der Waals surface area contributed by atoms with Gasteiger partial charge in [-0.25, -0.2) is 4.79 Å². The average Bonchev–Trinajstić information content (AvgIpc) is 3.16. The van der Waals surface area contributed by atoms with Crippen molar-refractivity contribution in [2.75, 3.05) is 0 Å². The molecule has 1 amide bonds. The number of rotatable bonds is 6. The number of amides is 1. The Morgan fingerprint density at radius 1 is 1.45 bits per heavy atom. The fourth-order valence-electron chi connectivity index (χ4n) is 2.20. The van der Waals surface area contributed by atoms with E-state index in [9.17, 15) is 14.7 Å². The highest BCUT2D eigenvalue weighted by molar-refractivity contribution is 9.10. The van der Waals surface area contributed by atoms with Crippen LogP contribution in [-0.4, -0.2) is 33.2 Å². The van der Waals surface area contributed by atoms with Gasteiger partial charge in [-0.15, -0.1) is 0 Å². The molecule has 1 aliphatic rings. The molecule has 22 heavy (non-hydrogen) atoms. The van der Waals surface area contributed by atoms with Crippen LogP contribution >= 0.6 is 15.9 Å². The second-order valence-corrected chi connectivity index (χ2v) is 7.83. The van der Waals surface area contributed by atoms with E-state index in [1.54, 1.807) is 0 Å². The van der Waals surface area contributed by atoms with Crippen LogP contribution in [0.1, 0.15) is 68.6 Å². The normalized spacial score (nSPS) is 16.4. The summed E-state index contributed by atoms with van der Waals surface area (Å²) in [5, 5.41) is 18.7. The van der Waals surface area contributed by atoms with Crippen molar-refractivity contribution in [2.45, 2.75) is 58.4 Å². The predicted octanol–water partition coefficient (Wildman–Crippen LogP) is 3.06. The van der Waals surface area contributed by atoms with Crippen LogP contribution in [-0.2, 0) is 4.79 Å². The summed E-state index contributed by atoms with van der Waals surface area (Å²) >= 11 is 3.39. The lowest BCUT2D eigenvalue weighted by Gasteiger charge is -2.21. The lowest BCUT2D eigenvalue weighted by molar-refractivity contribution is -0.139. The number of hydrogen-bond acceptors (Lipinski definition) is 3. The van der Waals surface area contributed by atoms with Gasteiger partial charge in [0.25, 0.3) is 5.91 Å². The maximum absolute atomic E-state index is 12.3. The molecule has 0 aliphatic heterocycles. The lowest BCUT2D eigenvalue weighted by atomic mass is 9.88. The van der Waals surface area contributed by atoms with Gasteiger partial charge in [-0.05, 0) is 47.0 Å². The van der Waals surface area contributed by atoms with Crippen LogP contribution in [0.3, 0.4) is 0 Å². The van der Waals surface area contributed by atoms with E-state index in [0.717, 1.165) is 18.5 Å². The van der Waals surface area contributed by atoms with E-state index in [1.165, 1.54) is 0 Å². The fraction of sp³-hybridized carbons (Fsp3) is 0.667. The first-order valence-corrected chi connectivity index (χ1v) is 8.26. The molecule has 1 aromatic heterocycles. The smallest absolute Gasteiger partial charge is 0.326 e. The number of carboxylic acid groups (broad SMARTS) is 1. The Hall–Kier alpha value is -1.37. The first-order valence-electron chi connectivity index (χ1n) is 7.46. The molecule has 0 aromatic carbocycles. The van der Waals surface area contributed by atoms with Crippen molar-refractivity contribution in [1.82, 2.24) is 15.5 Å². The molecule has 6 nitrogen and oxygen atoms in total. The minimum Gasteiger partial charge on any atom is -0.480 e. The van der Waals surface area contributed by atoms with Gasteiger partial charge in [0.2, 0.25) is 0 Å². The van der Waals surface area contributed by atoms with Crippen LogP contribution < -0.4 is 5.32 Å². The second kappa shape index (κ2) is 6.40. The van der Waals surface area contributed by atoms with Gasteiger partial charge in [-0.2, -0.15) is 5.10 Å². The molecule has 0 bridgehead atoms. The van der Waals surface area contributed by atoms with Gasteiger partial charge >= 0.3 is 5.97 Å². The third-order valence-electron chi connectivity index (χ3n) is 3.72. The van der Waals surface area contributed by atoms with Crippen LogP contribution in [0.15, 0.2) is 4.47 Å². The van der Waals surface area contributed by atoms with E-state index in [1.807, 2.05) is 20.8 Å². The minimum absolute atomic E-state index is 0.0183. The molecule has 1 heterocycles. The van der Waals surface area contributed by atoms with Crippen LogP contribution in [0.4, 0.5) is 0 Å². The van der Waals surface area contributed by atoms with Crippen molar-refractivity contribution in [3.8, 4) is 0 Å². The number of H-pyrrole nitrogens is 1. The summed E-state index contributed by atoms with van der Waals surface area (Å²) in [5.41, 5.74) is 1.17. The van der Waals surface area contributed by atoms with Gasteiger partial charge in [-0.1, -0.05) is 20.8 Å². The number of carbonyl (C=O) groups excluding carboxylic acids is 1. The molecule has 1 fully saturated rings. The van der Waals surface area contributed by atoms with Gasteiger partial charge in [0, 0.05) is 5.92 Å². The third-order valence-corrected chi connectivity index (χ3v) is 4.52. The van der Waals surface area contributed by atoms with Gasteiger partial charge < -0.3 is 10.4 Å². The summed E-state index contributed by atoms with van der Waals surface area (Å²) in [4.78, 5) is 23.6. The van der Waals surface area contributed by atoms with Gasteiger partial charge in [-0.3, -0.25) is 9.89 Å². The van der Waals surface area contributed by atoms with E-state index in [2.05, 4.69) is 31.4 Å². The van der Waals surface area contributed by atoms with E-state index in [-0.39, 0.29) is 11.1 Å². The number of nitrogens with zero attached hydrogens (tertiary/aromatic N) is 1. The Morgan fingerprint density at radius 2 is 2.09 bits per heavy atom. The minimum atomic E-state index is -1.02. The Bertz CT molecular complexity index is 573. The molecule has 2 rings (SSSR count). The molecule has 1 saturated carbocycles. The molecule has 1 aliphatic carbocycles. The van der Waals surface area contributed by atoms with Crippen LogP contribution in [0.2, 0.25) is 0 Å². The average molecular weight is 372 g/mol. The molecular formula is C15H22BrN3O3. The van der Waals surface area contributed by atoms with Crippen molar-refractivity contribution in [1.29, 1.82) is 0 Å². The van der Waals surface area contributed by atoms with Gasteiger partial charge in [0.15, 0.2) is 5.69 Å². The summed E-state index contributed by atoms with van der Waals surface area (Å²) in [5.74, 6) is -1.05. The fourth-order valence-corrected chi connectivity index (χ4v) is 2.88. The van der Waals surface area contributed by atoms with Gasteiger partial charge in [0.05, 0.1) is 10.2 Å². The monoisotopic (exact) mass is 371 g/mol. The number of aromatic amines is 1. The Kier molecular flexibility index (Phi) is 4.94. The Balaban J connectivity index is 2.03. The molecular weight excluding hydrogens is 350 g/mol. The first kappa shape index (κ1) is 17.0. The number of carbonyl (C=O) groups is 2. The molecule has 3 N–H and O–H groups in total. The topological polar surface area (TPSA) is 95.1 Å². The van der Waals surface area contributed by atoms with Crippen molar-refractivity contribution >= 4 is 27.8 Å². The van der Waals surface area contributed by atoms with Crippen molar-refractivity contribution in [2.24, 2.45) is 5.41 Å². The molecule has 0 radical (unpaired) electrons. The van der Waals surface area contributed by atoms with Crippen molar-refractivity contribution in [3.63, 3.8) is 0 Å². The summed E-state index contributed by atoms with van der Waals surface area (Å²) in [6, 6.07) is -0.903. The SMILES string of the molecule is CC(C)(C)CCC(NC(=O)c1n[nH]c(C2CC2)c1Br)C(=O)O. The molecule has 0 saturated heterocycles. The number of nitrogens with one attached hydrogen (secondary N) is 2. The summed E-state index contributed by atoms with van der Waals surface area (Å²) in [6.45, 7) is 6.12. The largest absolute Gasteiger partial charge is 0.480 e. The number of aliphatic carboxylic acids is 1. The lowest BCUT2D eigenvalue weighted by Crippen LogP contribution is -2.41. The third kappa shape index (κ3) is 4.32. The van der Waals surface area contributed by atoms with E-state index < -0.39 is 17.9 Å². The van der Waals surface area contributed by atoms with Crippen molar-refractivity contribution in [3.05, 3.63) is 15.9 Å². The summed E-state index contributed by atoms with van der Waals surface area (Å²) < 4.78 is 0.646. The zero-order valence-corrected chi connectivity index (χ0v) is 14.7. The van der Waals surface area contributed by atoms with Crippen molar-refractivity contribution < 1.29 is 14.7 Å². The number of halogens is 1. The van der Waals surface area contributed by atoms with E-state index in [0.29, 0.717) is 23.2 Å². The molecule has 7 heteroatoms. The van der Waals surface area contributed by atoms with E-state index in [4.69, 9.17) is 0 Å². The molecule has 122 valence electrons. The maximum atomic E-state index is 12.3. The van der Waals surface area contributed by atoms with Crippen LogP contribution in [0.25, 0.3) is 0 Å². The zero-order chi connectivity index (χ0) is 16.5. The molecule has 0 spiro atoms. The highest BCUT2D eigenvalue weighted by Gasteiger charge is 2.31. The summed E-state index contributed by atoms with van der Waals surface area (Å²) in [6.07, 6.45) is 3.28. The predicted molar refractivity (Wildman–Crippen MR) is 85.8 cm³/mol.